The van der Waals surface area contributed by atoms with Crippen molar-refractivity contribution in [1.82, 2.24) is 4.90 Å². The Balaban J connectivity index is 1.62. The maximum Gasteiger partial charge on any atom is 0.265 e. The minimum absolute atomic E-state index is 0.131. The standard InChI is InChI=1S/C21H19N3O4/c22-13-15-5-7-16(8-6-15)20(25)24-14-19(21(26)23-9-11-27-12-10-23)28-18-4-2-1-3-17(18)24/h1-8,19H,9-12,14H2/t19-/m1/s1. The predicted octanol–water partition coefficient (Wildman–Crippen LogP) is 1.82. The lowest BCUT2D eigenvalue weighted by Crippen LogP contribution is -2.54. The van der Waals surface area contributed by atoms with E-state index in [1.165, 1.54) is 0 Å². The third-order valence-electron chi connectivity index (χ3n) is 4.88. The van der Waals surface area contributed by atoms with Crippen LogP contribution in [0.25, 0.3) is 0 Å². The van der Waals surface area contributed by atoms with Gasteiger partial charge in [-0.1, -0.05) is 12.1 Å². The normalized spacial score (nSPS) is 18.6. The summed E-state index contributed by atoms with van der Waals surface area (Å²) < 4.78 is 11.2. The van der Waals surface area contributed by atoms with Crippen molar-refractivity contribution in [2.45, 2.75) is 6.10 Å². The van der Waals surface area contributed by atoms with Gasteiger partial charge in [0.1, 0.15) is 5.75 Å². The molecule has 142 valence electrons. The molecular weight excluding hydrogens is 358 g/mol. The van der Waals surface area contributed by atoms with Crippen LogP contribution in [0.2, 0.25) is 0 Å². The average molecular weight is 377 g/mol. The quantitative estimate of drug-likeness (QED) is 0.797. The van der Waals surface area contributed by atoms with Gasteiger partial charge in [-0.15, -0.1) is 0 Å². The van der Waals surface area contributed by atoms with Crippen LogP contribution in [0.15, 0.2) is 48.5 Å². The molecule has 2 heterocycles. The molecule has 1 fully saturated rings. The van der Waals surface area contributed by atoms with Gasteiger partial charge in [0.15, 0.2) is 6.10 Å². The fourth-order valence-corrected chi connectivity index (χ4v) is 3.39. The number of hydrogen-bond donors (Lipinski definition) is 0. The van der Waals surface area contributed by atoms with Gasteiger partial charge < -0.3 is 19.3 Å². The van der Waals surface area contributed by atoms with Crippen molar-refractivity contribution in [2.24, 2.45) is 0 Å². The lowest BCUT2D eigenvalue weighted by atomic mass is 10.1. The Morgan fingerprint density at radius 1 is 1.04 bits per heavy atom. The number of para-hydroxylation sites is 2. The van der Waals surface area contributed by atoms with Gasteiger partial charge >= 0.3 is 0 Å². The van der Waals surface area contributed by atoms with Gasteiger partial charge in [0.2, 0.25) is 0 Å². The smallest absolute Gasteiger partial charge is 0.265 e. The van der Waals surface area contributed by atoms with Crippen molar-refractivity contribution < 1.29 is 19.1 Å². The topological polar surface area (TPSA) is 82.9 Å². The van der Waals surface area contributed by atoms with E-state index in [-0.39, 0.29) is 18.4 Å². The number of nitrogens with zero attached hydrogens (tertiary/aromatic N) is 3. The van der Waals surface area contributed by atoms with E-state index in [4.69, 9.17) is 14.7 Å². The van der Waals surface area contributed by atoms with Crippen molar-refractivity contribution in [1.29, 1.82) is 5.26 Å². The number of carbonyl (C=O) groups is 2. The molecule has 0 unspecified atom stereocenters. The van der Waals surface area contributed by atoms with Crippen LogP contribution in [0.5, 0.6) is 5.75 Å². The highest BCUT2D eigenvalue weighted by Crippen LogP contribution is 2.34. The highest BCUT2D eigenvalue weighted by atomic mass is 16.5. The Hall–Kier alpha value is -3.37. The van der Waals surface area contributed by atoms with Crippen molar-refractivity contribution in [2.75, 3.05) is 37.7 Å². The molecule has 1 saturated heterocycles. The second-order valence-electron chi connectivity index (χ2n) is 6.62. The molecular formula is C21H19N3O4. The van der Waals surface area contributed by atoms with Crippen LogP contribution in [0.1, 0.15) is 15.9 Å². The van der Waals surface area contributed by atoms with E-state index in [1.807, 2.05) is 18.2 Å². The van der Waals surface area contributed by atoms with E-state index in [2.05, 4.69) is 0 Å². The first-order chi connectivity index (χ1) is 13.7. The highest BCUT2D eigenvalue weighted by molar-refractivity contribution is 6.08. The van der Waals surface area contributed by atoms with Crippen LogP contribution in [-0.2, 0) is 9.53 Å². The summed E-state index contributed by atoms with van der Waals surface area (Å²) in [6.07, 6.45) is -0.768. The fraction of sp³-hybridized carbons (Fsp3) is 0.286. The van der Waals surface area contributed by atoms with Crippen molar-refractivity contribution in [3.05, 3.63) is 59.7 Å². The average Bonchev–Trinajstić information content (AvgIpc) is 2.78. The summed E-state index contributed by atoms with van der Waals surface area (Å²) in [6, 6.07) is 15.7. The summed E-state index contributed by atoms with van der Waals surface area (Å²) in [5, 5.41) is 8.95. The van der Waals surface area contributed by atoms with Gasteiger partial charge in [0, 0.05) is 18.7 Å². The molecule has 0 bridgehead atoms. The van der Waals surface area contributed by atoms with Crippen LogP contribution in [0.3, 0.4) is 0 Å². The zero-order chi connectivity index (χ0) is 19.5. The number of rotatable bonds is 2. The molecule has 2 amide bonds. The Morgan fingerprint density at radius 3 is 2.46 bits per heavy atom. The largest absolute Gasteiger partial charge is 0.476 e. The summed E-state index contributed by atoms with van der Waals surface area (Å²) in [5.41, 5.74) is 1.57. The van der Waals surface area contributed by atoms with Crippen LogP contribution >= 0.6 is 0 Å². The molecule has 0 saturated carbocycles. The van der Waals surface area contributed by atoms with Crippen LogP contribution in [0.4, 0.5) is 5.69 Å². The molecule has 1 atom stereocenters. The number of morpholine rings is 1. The third-order valence-corrected chi connectivity index (χ3v) is 4.88. The summed E-state index contributed by atoms with van der Waals surface area (Å²) in [5.74, 6) is 0.123. The summed E-state index contributed by atoms with van der Waals surface area (Å²) in [6.45, 7) is 2.17. The lowest BCUT2D eigenvalue weighted by molar-refractivity contribution is -0.142. The molecule has 2 aliphatic heterocycles. The van der Waals surface area contributed by atoms with E-state index in [0.717, 1.165) is 0 Å². The highest BCUT2D eigenvalue weighted by Gasteiger charge is 2.36. The summed E-state index contributed by atoms with van der Waals surface area (Å²) in [4.78, 5) is 29.4. The minimum Gasteiger partial charge on any atom is -0.476 e. The molecule has 0 spiro atoms. The Bertz CT molecular complexity index is 929. The van der Waals surface area contributed by atoms with Gasteiger partial charge in [-0.3, -0.25) is 9.59 Å². The Kier molecular flexibility index (Phi) is 4.96. The predicted molar refractivity (Wildman–Crippen MR) is 101 cm³/mol. The molecule has 2 aromatic carbocycles. The SMILES string of the molecule is N#Cc1ccc(C(=O)N2C[C@H](C(=O)N3CCOCC3)Oc3ccccc32)cc1. The van der Waals surface area contributed by atoms with Gasteiger partial charge in [0.05, 0.1) is 37.1 Å². The van der Waals surface area contributed by atoms with E-state index >= 15 is 0 Å². The van der Waals surface area contributed by atoms with Crippen molar-refractivity contribution >= 4 is 17.5 Å². The van der Waals surface area contributed by atoms with E-state index in [9.17, 15) is 9.59 Å². The second kappa shape index (κ2) is 7.71. The minimum atomic E-state index is -0.768. The van der Waals surface area contributed by atoms with E-state index < -0.39 is 6.10 Å². The van der Waals surface area contributed by atoms with Gasteiger partial charge in [-0.05, 0) is 36.4 Å². The molecule has 0 aliphatic carbocycles. The molecule has 0 aromatic heterocycles. The molecule has 7 nitrogen and oxygen atoms in total. The van der Waals surface area contributed by atoms with E-state index in [1.54, 1.807) is 46.2 Å². The number of ether oxygens (including phenoxy) is 2. The van der Waals surface area contributed by atoms with Crippen molar-refractivity contribution in [3.63, 3.8) is 0 Å². The number of anilines is 1. The molecule has 2 aromatic rings. The molecule has 2 aliphatic rings. The first-order valence-corrected chi connectivity index (χ1v) is 9.11. The Morgan fingerprint density at radius 2 is 1.75 bits per heavy atom. The summed E-state index contributed by atoms with van der Waals surface area (Å²) in [7, 11) is 0. The number of hydrogen-bond acceptors (Lipinski definition) is 5. The molecule has 7 heteroatoms. The first kappa shape index (κ1) is 18.0. The zero-order valence-electron chi connectivity index (χ0n) is 15.2. The lowest BCUT2D eigenvalue weighted by Gasteiger charge is -2.37. The van der Waals surface area contributed by atoms with Crippen molar-refractivity contribution in [3.8, 4) is 11.8 Å². The Labute approximate surface area is 162 Å². The van der Waals surface area contributed by atoms with E-state index in [0.29, 0.717) is 48.9 Å². The maximum absolute atomic E-state index is 13.1. The fourth-order valence-electron chi connectivity index (χ4n) is 3.39. The molecule has 4 rings (SSSR count). The zero-order valence-corrected chi connectivity index (χ0v) is 15.2. The van der Waals surface area contributed by atoms with Crippen LogP contribution < -0.4 is 9.64 Å². The number of nitriles is 1. The number of amides is 2. The number of carbonyl (C=O) groups excluding carboxylic acids is 2. The van der Waals surface area contributed by atoms with Gasteiger partial charge in [-0.2, -0.15) is 5.26 Å². The third kappa shape index (κ3) is 3.42. The van der Waals surface area contributed by atoms with Crippen LogP contribution in [-0.4, -0.2) is 55.7 Å². The second-order valence-corrected chi connectivity index (χ2v) is 6.62. The number of benzene rings is 2. The number of fused-ring (bicyclic) bond motifs is 1. The molecule has 0 radical (unpaired) electrons. The monoisotopic (exact) mass is 377 g/mol. The first-order valence-electron chi connectivity index (χ1n) is 9.11. The molecule has 0 N–H and O–H groups in total. The molecule has 28 heavy (non-hydrogen) atoms. The van der Waals surface area contributed by atoms with Crippen LogP contribution in [0, 0.1) is 11.3 Å². The van der Waals surface area contributed by atoms with Gasteiger partial charge in [-0.25, -0.2) is 0 Å². The maximum atomic E-state index is 13.1. The summed E-state index contributed by atoms with van der Waals surface area (Å²) >= 11 is 0. The van der Waals surface area contributed by atoms with Gasteiger partial charge in [0.25, 0.3) is 11.8 Å².